The quantitative estimate of drug-likeness (QED) is 0.515. The van der Waals surface area contributed by atoms with Gasteiger partial charge in [-0.2, -0.15) is 0 Å². The first kappa shape index (κ1) is 14.4. The van der Waals surface area contributed by atoms with Crippen molar-refractivity contribution in [1.29, 1.82) is 0 Å². The highest BCUT2D eigenvalue weighted by molar-refractivity contribution is 7.98. The van der Waals surface area contributed by atoms with Gasteiger partial charge in [0.2, 0.25) is 0 Å². The predicted octanol–water partition coefficient (Wildman–Crippen LogP) is 4.17. The Balaban J connectivity index is 2.12. The molecule has 0 aliphatic carbocycles. The topological polar surface area (TPSA) is 0 Å². The van der Waals surface area contributed by atoms with Crippen molar-refractivity contribution >= 4 is 35.6 Å². The lowest BCUT2D eigenvalue weighted by molar-refractivity contribution is 1.50. The number of hydrogen-bond donors (Lipinski definition) is 0. The van der Waals surface area contributed by atoms with Crippen LogP contribution in [0.25, 0.3) is 0 Å². The van der Waals surface area contributed by atoms with Crippen molar-refractivity contribution in [2.24, 2.45) is 0 Å². The van der Waals surface area contributed by atoms with E-state index in [0.717, 1.165) is 0 Å². The molecule has 2 heteroatoms. The Morgan fingerprint density at radius 1 is 0.619 bits per heavy atom. The zero-order valence-electron chi connectivity index (χ0n) is 11.9. The summed E-state index contributed by atoms with van der Waals surface area (Å²) in [5.41, 5.74) is 0. The molecule has 0 radical (unpaired) electrons. The number of thioether (sulfide) groups is 1. The highest BCUT2D eigenvalue weighted by Crippen LogP contribution is 2.33. The standard InChI is InChI=1S/C19H17PS/c1-21-19-14-8-13-18(15-19)20(16-9-4-2-5-10-16)17-11-6-3-7-12-17/h2-15H,1H3. The molecule has 104 valence electrons. The van der Waals surface area contributed by atoms with Crippen molar-refractivity contribution in [1.82, 2.24) is 0 Å². The molecule has 0 aromatic heterocycles. The fourth-order valence-electron chi connectivity index (χ4n) is 2.35. The van der Waals surface area contributed by atoms with Crippen LogP contribution in [0.4, 0.5) is 0 Å². The Kier molecular flexibility index (Phi) is 4.75. The molecule has 0 aliphatic rings. The molecule has 3 aromatic rings. The van der Waals surface area contributed by atoms with Crippen LogP contribution in [-0.2, 0) is 0 Å². The summed E-state index contributed by atoms with van der Waals surface area (Å²) in [6, 6.07) is 30.6. The van der Waals surface area contributed by atoms with E-state index in [2.05, 4.69) is 91.2 Å². The van der Waals surface area contributed by atoms with Gasteiger partial charge in [-0.1, -0.05) is 72.8 Å². The predicted molar refractivity (Wildman–Crippen MR) is 96.9 cm³/mol. The van der Waals surface area contributed by atoms with Crippen molar-refractivity contribution in [2.75, 3.05) is 6.26 Å². The van der Waals surface area contributed by atoms with Crippen molar-refractivity contribution in [3.63, 3.8) is 0 Å². The van der Waals surface area contributed by atoms with Crippen molar-refractivity contribution in [3.8, 4) is 0 Å². The van der Waals surface area contributed by atoms with Gasteiger partial charge in [0.25, 0.3) is 0 Å². The summed E-state index contributed by atoms with van der Waals surface area (Å²) in [5.74, 6) is 0. The van der Waals surface area contributed by atoms with Crippen LogP contribution >= 0.6 is 19.7 Å². The molecule has 0 atom stereocenters. The summed E-state index contributed by atoms with van der Waals surface area (Å²) in [6.45, 7) is 0. The van der Waals surface area contributed by atoms with Gasteiger partial charge in [0.05, 0.1) is 0 Å². The lowest BCUT2D eigenvalue weighted by Crippen LogP contribution is -2.20. The zero-order chi connectivity index (χ0) is 14.5. The second kappa shape index (κ2) is 6.93. The van der Waals surface area contributed by atoms with Gasteiger partial charge in [-0.05, 0) is 42.2 Å². The van der Waals surface area contributed by atoms with Crippen LogP contribution in [0.5, 0.6) is 0 Å². The molecule has 0 bridgehead atoms. The fourth-order valence-corrected chi connectivity index (χ4v) is 5.24. The van der Waals surface area contributed by atoms with E-state index in [-0.39, 0.29) is 0 Å². The largest absolute Gasteiger partial charge is 0.130 e. The van der Waals surface area contributed by atoms with E-state index in [0.29, 0.717) is 0 Å². The minimum absolute atomic E-state index is 0.481. The van der Waals surface area contributed by atoms with Crippen LogP contribution in [0, 0.1) is 0 Å². The highest BCUT2D eigenvalue weighted by atomic mass is 32.2. The lowest BCUT2D eigenvalue weighted by Gasteiger charge is -2.19. The van der Waals surface area contributed by atoms with E-state index in [1.807, 2.05) is 0 Å². The first-order chi connectivity index (χ1) is 10.4. The molecule has 0 saturated carbocycles. The summed E-state index contributed by atoms with van der Waals surface area (Å²) in [7, 11) is -0.481. The molecular weight excluding hydrogens is 291 g/mol. The van der Waals surface area contributed by atoms with E-state index in [4.69, 9.17) is 0 Å². The SMILES string of the molecule is CSc1cccc(P(c2ccccc2)c2ccccc2)c1. The number of hydrogen-bond acceptors (Lipinski definition) is 1. The maximum absolute atomic E-state index is 2.33. The summed E-state index contributed by atoms with van der Waals surface area (Å²) >= 11 is 1.80. The van der Waals surface area contributed by atoms with Gasteiger partial charge in [-0.3, -0.25) is 0 Å². The van der Waals surface area contributed by atoms with E-state index < -0.39 is 7.92 Å². The minimum atomic E-state index is -0.481. The molecule has 0 aliphatic heterocycles. The molecular formula is C19H17PS. The first-order valence-corrected chi connectivity index (χ1v) is 9.49. The Morgan fingerprint density at radius 3 is 1.67 bits per heavy atom. The van der Waals surface area contributed by atoms with Crippen LogP contribution in [-0.4, -0.2) is 6.26 Å². The summed E-state index contributed by atoms with van der Waals surface area (Å²) in [4.78, 5) is 1.33. The second-order valence-corrected chi connectivity index (χ2v) is 7.81. The molecule has 0 saturated heterocycles. The van der Waals surface area contributed by atoms with Gasteiger partial charge in [-0.25, -0.2) is 0 Å². The van der Waals surface area contributed by atoms with Crippen LogP contribution in [0.1, 0.15) is 0 Å². The molecule has 0 nitrogen and oxygen atoms in total. The molecule has 21 heavy (non-hydrogen) atoms. The molecule has 3 rings (SSSR count). The van der Waals surface area contributed by atoms with Gasteiger partial charge in [0, 0.05) is 4.90 Å². The average Bonchev–Trinajstić information content (AvgIpc) is 2.57. The second-order valence-electron chi connectivity index (χ2n) is 4.71. The van der Waals surface area contributed by atoms with E-state index >= 15 is 0 Å². The van der Waals surface area contributed by atoms with E-state index in [1.165, 1.54) is 20.8 Å². The minimum Gasteiger partial charge on any atom is -0.130 e. The first-order valence-electron chi connectivity index (χ1n) is 6.93. The van der Waals surface area contributed by atoms with Crippen molar-refractivity contribution < 1.29 is 0 Å². The zero-order valence-corrected chi connectivity index (χ0v) is 13.6. The highest BCUT2D eigenvalue weighted by Gasteiger charge is 2.16. The molecule has 0 heterocycles. The maximum Gasteiger partial charge on any atom is 0.00757 e. The Morgan fingerprint density at radius 2 is 1.14 bits per heavy atom. The van der Waals surface area contributed by atoms with E-state index in [9.17, 15) is 0 Å². The maximum atomic E-state index is 2.33. The third-order valence-electron chi connectivity index (χ3n) is 3.34. The van der Waals surface area contributed by atoms with E-state index in [1.54, 1.807) is 11.8 Å². The van der Waals surface area contributed by atoms with Gasteiger partial charge in [-0.15, -0.1) is 11.8 Å². The van der Waals surface area contributed by atoms with Crippen LogP contribution in [0.15, 0.2) is 89.8 Å². The molecule has 0 N–H and O–H groups in total. The Hall–Kier alpha value is -1.56. The van der Waals surface area contributed by atoms with Gasteiger partial charge in [0.1, 0.15) is 0 Å². The van der Waals surface area contributed by atoms with Crippen LogP contribution < -0.4 is 15.9 Å². The Labute approximate surface area is 132 Å². The van der Waals surface area contributed by atoms with Crippen LogP contribution in [0.3, 0.4) is 0 Å². The monoisotopic (exact) mass is 308 g/mol. The molecule has 0 amide bonds. The molecule has 0 spiro atoms. The van der Waals surface area contributed by atoms with Gasteiger partial charge >= 0.3 is 0 Å². The van der Waals surface area contributed by atoms with Crippen molar-refractivity contribution in [3.05, 3.63) is 84.9 Å². The lowest BCUT2D eigenvalue weighted by atomic mass is 10.3. The summed E-state index contributed by atoms with van der Waals surface area (Å²) < 4.78 is 0. The third-order valence-corrected chi connectivity index (χ3v) is 6.49. The van der Waals surface area contributed by atoms with Crippen LogP contribution in [0.2, 0.25) is 0 Å². The number of benzene rings is 3. The summed E-state index contributed by atoms with van der Waals surface area (Å²) in [6.07, 6.45) is 2.13. The Bertz CT molecular complexity index is 656. The third kappa shape index (κ3) is 3.37. The molecule has 0 fully saturated rings. The molecule has 3 aromatic carbocycles. The molecule has 0 unspecified atom stereocenters. The fraction of sp³-hybridized carbons (Fsp3) is 0.0526. The van der Waals surface area contributed by atoms with Gasteiger partial charge < -0.3 is 0 Å². The summed E-state index contributed by atoms with van der Waals surface area (Å²) in [5, 5.41) is 4.21. The van der Waals surface area contributed by atoms with Gasteiger partial charge in [0.15, 0.2) is 0 Å². The van der Waals surface area contributed by atoms with Crippen molar-refractivity contribution in [2.45, 2.75) is 4.90 Å². The normalized spacial score (nSPS) is 10.8. The number of rotatable bonds is 4. The smallest absolute Gasteiger partial charge is 0.00757 e. The average molecular weight is 308 g/mol.